The number of rotatable bonds is 4. The number of terminal acetylenes is 1. The summed E-state index contributed by atoms with van der Waals surface area (Å²) in [6.45, 7) is 0. The smallest absolute Gasteiger partial charge is 0.161 e. The molecule has 0 aliphatic heterocycles. The third kappa shape index (κ3) is 5.37. The highest BCUT2D eigenvalue weighted by Crippen LogP contribution is 2.28. The van der Waals surface area contributed by atoms with Crippen molar-refractivity contribution in [3.8, 4) is 59.0 Å². The van der Waals surface area contributed by atoms with Crippen LogP contribution < -0.4 is 18.9 Å². The van der Waals surface area contributed by atoms with E-state index in [1.165, 1.54) is 0 Å². The lowest BCUT2D eigenvalue weighted by atomic mass is 10.1. The molecule has 3 aromatic rings. The molecule has 0 unspecified atom stereocenters. The van der Waals surface area contributed by atoms with E-state index in [4.69, 9.17) is 25.4 Å². The van der Waals surface area contributed by atoms with Crippen molar-refractivity contribution in [3.63, 3.8) is 0 Å². The fraction of sp³-hybridized carbons (Fsp3) is 0.143. The minimum absolute atomic E-state index is 0.623. The second-order valence-electron chi connectivity index (χ2n) is 6.58. The van der Waals surface area contributed by atoms with Crippen LogP contribution in [-0.4, -0.2) is 28.4 Å². The summed E-state index contributed by atoms with van der Waals surface area (Å²) in [4.78, 5) is 0. The highest BCUT2D eigenvalue weighted by atomic mass is 16.5. The van der Waals surface area contributed by atoms with Gasteiger partial charge in [0, 0.05) is 27.8 Å². The van der Waals surface area contributed by atoms with Gasteiger partial charge >= 0.3 is 0 Å². The summed E-state index contributed by atoms with van der Waals surface area (Å²) >= 11 is 0. The van der Waals surface area contributed by atoms with Gasteiger partial charge in [-0.1, -0.05) is 29.6 Å². The molecule has 0 bridgehead atoms. The molecule has 0 saturated heterocycles. The van der Waals surface area contributed by atoms with E-state index in [9.17, 15) is 0 Å². The van der Waals surface area contributed by atoms with Crippen molar-refractivity contribution in [1.82, 2.24) is 0 Å². The quantitative estimate of drug-likeness (QED) is 0.580. The molecular formula is C28H22O4. The van der Waals surface area contributed by atoms with Gasteiger partial charge in [0.05, 0.1) is 28.4 Å². The lowest BCUT2D eigenvalue weighted by molar-refractivity contribution is 0.355. The zero-order valence-electron chi connectivity index (χ0n) is 18.4. The Balaban J connectivity index is 1.93. The average molecular weight is 422 g/mol. The van der Waals surface area contributed by atoms with Crippen molar-refractivity contribution in [2.24, 2.45) is 0 Å². The maximum atomic E-state index is 5.63. The molecule has 4 nitrogen and oxygen atoms in total. The molecule has 0 heterocycles. The summed E-state index contributed by atoms with van der Waals surface area (Å²) in [5.74, 6) is 17.8. The van der Waals surface area contributed by atoms with E-state index in [-0.39, 0.29) is 0 Å². The molecule has 4 heteroatoms. The van der Waals surface area contributed by atoms with Crippen LogP contribution in [0.3, 0.4) is 0 Å². The summed E-state index contributed by atoms with van der Waals surface area (Å²) < 4.78 is 21.2. The second kappa shape index (κ2) is 10.5. The average Bonchev–Trinajstić information content (AvgIpc) is 2.85. The highest BCUT2D eigenvalue weighted by Gasteiger charge is 2.04. The lowest BCUT2D eigenvalue weighted by Gasteiger charge is -2.06. The minimum Gasteiger partial charge on any atom is -0.493 e. The van der Waals surface area contributed by atoms with E-state index < -0.39 is 0 Å². The van der Waals surface area contributed by atoms with Crippen molar-refractivity contribution < 1.29 is 18.9 Å². The van der Waals surface area contributed by atoms with Gasteiger partial charge in [0.25, 0.3) is 0 Å². The topological polar surface area (TPSA) is 36.9 Å². The first kappa shape index (κ1) is 22.2. The van der Waals surface area contributed by atoms with E-state index in [0.717, 1.165) is 22.3 Å². The third-order valence-electron chi connectivity index (χ3n) is 4.57. The SMILES string of the molecule is C#Cc1cc(C#Cc2ccc(OC)c(OC)c2)cc(C#Cc2ccc(OC)c(OC)c2)c1. The Hall–Kier alpha value is -4.46. The summed E-state index contributed by atoms with van der Waals surface area (Å²) in [7, 11) is 6.38. The standard InChI is InChI=1S/C28H22O4/c1-6-20-15-23(9-7-21-11-13-25(29-2)27(18-21)31-4)17-24(16-20)10-8-22-12-14-26(30-3)28(19-22)32-5/h1,11-19H,2-5H3. The van der Waals surface area contributed by atoms with Crippen molar-refractivity contribution >= 4 is 0 Å². The summed E-state index contributed by atoms with van der Waals surface area (Å²) in [6.07, 6.45) is 5.63. The molecule has 0 N–H and O–H groups in total. The predicted octanol–water partition coefficient (Wildman–Crippen LogP) is 4.50. The molecular weight excluding hydrogens is 400 g/mol. The summed E-state index contributed by atoms with van der Waals surface area (Å²) in [5, 5.41) is 0. The molecule has 0 radical (unpaired) electrons. The van der Waals surface area contributed by atoms with Crippen molar-refractivity contribution in [2.75, 3.05) is 28.4 Å². The van der Waals surface area contributed by atoms with Crippen LogP contribution in [0.4, 0.5) is 0 Å². The van der Waals surface area contributed by atoms with E-state index in [1.807, 2.05) is 54.6 Å². The largest absolute Gasteiger partial charge is 0.493 e. The zero-order chi connectivity index (χ0) is 22.9. The fourth-order valence-corrected chi connectivity index (χ4v) is 2.97. The highest BCUT2D eigenvalue weighted by molar-refractivity contribution is 5.56. The molecule has 0 amide bonds. The monoisotopic (exact) mass is 422 g/mol. The third-order valence-corrected chi connectivity index (χ3v) is 4.57. The molecule has 0 aliphatic rings. The summed E-state index contributed by atoms with van der Waals surface area (Å²) in [6, 6.07) is 16.7. The number of hydrogen-bond donors (Lipinski definition) is 0. The molecule has 0 atom stereocenters. The Morgan fingerprint density at radius 1 is 0.469 bits per heavy atom. The number of benzene rings is 3. The van der Waals surface area contributed by atoms with Crippen LogP contribution in [0.5, 0.6) is 23.0 Å². The molecule has 0 spiro atoms. The molecule has 3 rings (SSSR count). The first-order chi connectivity index (χ1) is 15.6. The van der Waals surface area contributed by atoms with Gasteiger partial charge in [-0.2, -0.15) is 0 Å². The van der Waals surface area contributed by atoms with Crippen molar-refractivity contribution in [3.05, 3.63) is 82.4 Å². The van der Waals surface area contributed by atoms with Crippen LogP contribution >= 0.6 is 0 Å². The van der Waals surface area contributed by atoms with Crippen LogP contribution in [-0.2, 0) is 0 Å². The molecule has 0 aromatic heterocycles. The van der Waals surface area contributed by atoms with E-state index in [1.54, 1.807) is 28.4 Å². The van der Waals surface area contributed by atoms with Crippen molar-refractivity contribution in [1.29, 1.82) is 0 Å². The summed E-state index contributed by atoms with van der Waals surface area (Å²) in [5.41, 5.74) is 3.85. The zero-order valence-corrected chi connectivity index (χ0v) is 18.4. The first-order valence-corrected chi connectivity index (χ1v) is 9.70. The van der Waals surface area contributed by atoms with Crippen LogP contribution in [0.25, 0.3) is 0 Å². The second-order valence-corrected chi connectivity index (χ2v) is 6.58. The van der Waals surface area contributed by atoms with E-state index in [2.05, 4.69) is 29.6 Å². The number of methoxy groups -OCH3 is 4. The Kier molecular flexibility index (Phi) is 7.32. The van der Waals surface area contributed by atoms with Crippen LogP contribution in [0.1, 0.15) is 27.8 Å². The molecule has 0 fully saturated rings. The van der Waals surface area contributed by atoms with Crippen LogP contribution in [0.15, 0.2) is 54.6 Å². The maximum absolute atomic E-state index is 5.63. The normalized spacial score (nSPS) is 9.34. The van der Waals surface area contributed by atoms with Crippen molar-refractivity contribution in [2.45, 2.75) is 0 Å². The van der Waals surface area contributed by atoms with Gasteiger partial charge in [-0.05, 0) is 54.6 Å². The van der Waals surface area contributed by atoms with Gasteiger partial charge in [0.2, 0.25) is 0 Å². The van der Waals surface area contributed by atoms with Gasteiger partial charge < -0.3 is 18.9 Å². The van der Waals surface area contributed by atoms with Crippen LogP contribution in [0, 0.1) is 36.0 Å². The van der Waals surface area contributed by atoms with Crippen LogP contribution in [0.2, 0.25) is 0 Å². The lowest BCUT2D eigenvalue weighted by Crippen LogP contribution is -1.91. The predicted molar refractivity (Wildman–Crippen MR) is 125 cm³/mol. The van der Waals surface area contributed by atoms with Gasteiger partial charge in [0.15, 0.2) is 23.0 Å². The molecule has 0 saturated carbocycles. The Bertz CT molecular complexity index is 1200. The van der Waals surface area contributed by atoms with E-state index in [0.29, 0.717) is 28.6 Å². The van der Waals surface area contributed by atoms with Gasteiger partial charge in [-0.15, -0.1) is 6.42 Å². The molecule has 3 aromatic carbocycles. The molecule has 0 aliphatic carbocycles. The fourth-order valence-electron chi connectivity index (χ4n) is 2.97. The van der Waals surface area contributed by atoms with Gasteiger partial charge in [-0.25, -0.2) is 0 Å². The minimum atomic E-state index is 0.623. The number of ether oxygens (including phenoxy) is 4. The van der Waals surface area contributed by atoms with Gasteiger partial charge in [-0.3, -0.25) is 0 Å². The first-order valence-electron chi connectivity index (χ1n) is 9.70. The van der Waals surface area contributed by atoms with Gasteiger partial charge in [0.1, 0.15) is 0 Å². The Labute approximate surface area is 189 Å². The Morgan fingerprint density at radius 2 is 0.844 bits per heavy atom. The molecule has 32 heavy (non-hydrogen) atoms. The number of hydrogen-bond acceptors (Lipinski definition) is 4. The molecule has 158 valence electrons. The maximum Gasteiger partial charge on any atom is 0.161 e. The Morgan fingerprint density at radius 3 is 1.22 bits per heavy atom. The van der Waals surface area contributed by atoms with E-state index >= 15 is 0 Å².